The molecule has 1 N–H and O–H groups in total. The molecule has 0 bridgehead atoms. The van der Waals surface area contributed by atoms with E-state index >= 15 is 0 Å². The van der Waals surface area contributed by atoms with Crippen molar-refractivity contribution in [2.24, 2.45) is 0 Å². The molecule has 2 nitrogen and oxygen atoms in total. The van der Waals surface area contributed by atoms with Gasteiger partial charge < -0.3 is 10.1 Å². The zero-order chi connectivity index (χ0) is 11.2. The van der Waals surface area contributed by atoms with Crippen LogP contribution in [0.2, 0.25) is 0 Å². The average Bonchev–Trinajstić information content (AvgIpc) is 2.38. The van der Waals surface area contributed by atoms with E-state index in [1.165, 1.54) is 11.1 Å². The van der Waals surface area contributed by atoms with Crippen molar-refractivity contribution in [3.63, 3.8) is 0 Å². The van der Waals surface area contributed by atoms with Crippen LogP contribution >= 0.6 is 0 Å². The van der Waals surface area contributed by atoms with Crippen LogP contribution in [0.4, 0.5) is 0 Å². The molecule has 16 heavy (non-hydrogen) atoms. The van der Waals surface area contributed by atoms with Crippen LogP contribution in [0.15, 0.2) is 42.0 Å². The maximum Gasteiger partial charge on any atom is 0.0689 e. The molecule has 0 saturated carbocycles. The average molecular weight is 217 g/mol. The lowest BCUT2D eigenvalue weighted by Crippen LogP contribution is -2.24. The second-order valence-electron chi connectivity index (χ2n) is 4.22. The second-order valence-corrected chi connectivity index (χ2v) is 4.22. The van der Waals surface area contributed by atoms with E-state index in [9.17, 15) is 0 Å². The molecule has 1 unspecified atom stereocenters. The number of benzene rings is 1. The van der Waals surface area contributed by atoms with Gasteiger partial charge in [-0.3, -0.25) is 0 Å². The van der Waals surface area contributed by atoms with E-state index in [1.54, 1.807) is 0 Å². The van der Waals surface area contributed by atoms with Crippen LogP contribution in [0.3, 0.4) is 0 Å². The van der Waals surface area contributed by atoms with E-state index in [0.29, 0.717) is 6.04 Å². The fraction of sp³-hybridized carbons (Fsp3) is 0.429. The molecule has 0 radical (unpaired) electrons. The number of hydrogen-bond donors (Lipinski definition) is 1. The Hall–Kier alpha value is -1.12. The van der Waals surface area contributed by atoms with Gasteiger partial charge in [0.05, 0.1) is 13.2 Å². The number of nitrogens with one attached hydrogen (secondary N) is 1. The van der Waals surface area contributed by atoms with Crippen molar-refractivity contribution >= 4 is 0 Å². The minimum atomic E-state index is 0.393. The molecule has 1 aromatic carbocycles. The fourth-order valence-electron chi connectivity index (χ4n) is 1.88. The molecular weight excluding hydrogens is 198 g/mol. The summed E-state index contributed by atoms with van der Waals surface area (Å²) in [6.07, 6.45) is 3.34. The maximum absolute atomic E-state index is 5.41. The molecule has 1 aromatic rings. The lowest BCUT2D eigenvalue weighted by Gasteiger charge is -2.18. The van der Waals surface area contributed by atoms with Gasteiger partial charge in [0.1, 0.15) is 0 Å². The standard InChI is InChI=1S/C14H19NO/c1-12(14-7-3-2-4-8-14)15-10-13-6-5-9-16-11-13/h2-4,6-8,12,15H,5,9-11H2,1H3. The molecule has 0 saturated heterocycles. The Morgan fingerprint density at radius 3 is 2.81 bits per heavy atom. The van der Waals surface area contributed by atoms with Crippen LogP contribution in [0.5, 0.6) is 0 Å². The Bertz CT molecular complexity index is 345. The molecule has 0 aromatic heterocycles. The van der Waals surface area contributed by atoms with E-state index in [0.717, 1.165) is 26.2 Å². The molecule has 0 aliphatic carbocycles. The first-order valence-corrected chi connectivity index (χ1v) is 5.90. The van der Waals surface area contributed by atoms with Crippen LogP contribution < -0.4 is 5.32 Å². The lowest BCUT2D eigenvalue weighted by molar-refractivity contribution is 0.148. The van der Waals surface area contributed by atoms with Crippen molar-refractivity contribution in [1.29, 1.82) is 0 Å². The van der Waals surface area contributed by atoms with Crippen molar-refractivity contribution in [2.75, 3.05) is 19.8 Å². The Morgan fingerprint density at radius 2 is 2.12 bits per heavy atom. The first-order valence-electron chi connectivity index (χ1n) is 5.90. The molecule has 86 valence electrons. The van der Waals surface area contributed by atoms with Crippen LogP contribution in [-0.4, -0.2) is 19.8 Å². The molecule has 0 fully saturated rings. The van der Waals surface area contributed by atoms with Gasteiger partial charge in [-0.2, -0.15) is 0 Å². The van der Waals surface area contributed by atoms with Gasteiger partial charge >= 0.3 is 0 Å². The maximum atomic E-state index is 5.41. The largest absolute Gasteiger partial charge is 0.377 e. The van der Waals surface area contributed by atoms with Gasteiger partial charge in [-0.25, -0.2) is 0 Å². The van der Waals surface area contributed by atoms with Gasteiger partial charge in [0.15, 0.2) is 0 Å². The Morgan fingerprint density at radius 1 is 1.31 bits per heavy atom. The first kappa shape index (κ1) is 11.4. The molecule has 1 aliphatic rings. The van der Waals surface area contributed by atoms with Crippen molar-refractivity contribution in [1.82, 2.24) is 5.32 Å². The highest BCUT2D eigenvalue weighted by Gasteiger charge is 2.07. The van der Waals surface area contributed by atoms with Crippen LogP contribution in [0.1, 0.15) is 24.9 Å². The molecule has 1 heterocycles. The zero-order valence-electron chi connectivity index (χ0n) is 9.78. The highest BCUT2D eigenvalue weighted by atomic mass is 16.5. The lowest BCUT2D eigenvalue weighted by atomic mass is 10.1. The predicted octanol–water partition coefficient (Wildman–Crippen LogP) is 2.68. The van der Waals surface area contributed by atoms with Gasteiger partial charge in [-0.1, -0.05) is 36.4 Å². The van der Waals surface area contributed by atoms with E-state index in [-0.39, 0.29) is 0 Å². The Balaban J connectivity index is 1.84. The van der Waals surface area contributed by atoms with E-state index in [2.05, 4.69) is 42.6 Å². The van der Waals surface area contributed by atoms with Crippen molar-refractivity contribution in [3.8, 4) is 0 Å². The summed E-state index contributed by atoms with van der Waals surface area (Å²) < 4.78 is 5.41. The Labute approximate surface area is 97.3 Å². The van der Waals surface area contributed by atoms with Gasteiger partial charge in [-0.15, -0.1) is 0 Å². The summed E-state index contributed by atoms with van der Waals surface area (Å²) >= 11 is 0. The van der Waals surface area contributed by atoms with Crippen molar-refractivity contribution < 1.29 is 4.74 Å². The molecule has 1 atom stereocenters. The monoisotopic (exact) mass is 217 g/mol. The minimum absolute atomic E-state index is 0.393. The summed E-state index contributed by atoms with van der Waals surface area (Å²) in [5.41, 5.74) is 2.70. The van der Waals surface area contributed by atoms with Gasteiger partial charge in [0.25, 0.3) is 0 Å². The third kappa shape index (κ3) is 3.19. The predicted molar refractivity (Wildman–Crippen MR) is 66.4 cm³/mol. The van der Waals surface area contributed by atoms with Crippen LogP contribution in [0, 0.1) is 0 Å². The molecule has 1 aliphatic heterocycles. The Kier molecular flexibility index (Phi) is 4.14. The summed E-state index contributed by atoms with van der Waals surface area (Å²) in [5, 5.41) is 3.52. The quantitative estimate of drug-likeness (QED) is 0.783. The van der Waals surface area contributed by atoms with Crippen molar-refractivity contribution in [3.05, 3.63) is 47.5 Å². The molecule has 0 amide bonds. The van der Waals surface area contributed by atoms with Crippen LogP contribution in [0.25, 0.3) is 0 Å². The first-order chi connectivity index (χ1) is 7.86. The van der Waals surface area contributed by atoms with E-state index in [1.807, 2.05) is 6.07 Å². The second kappa shape index (κ2) is 5.83. The molecule has 2 heteroatoms. The fourth-order valence-corrected chi connectivity index (χ4v) is 1.88. The van der Waals surface area contributed by atoms with Gasteiger partial charge in [0.2, 0.25) is 0 Å². The SMILES string of the molecule is CC(NCC1=CCCOC1)c1ccccc1. The molecule has 0 spiro atoms. The van der Waals surface area contributed by atoms with E-state index in [4.69, 9.17) is 4.74 Å². The molecular formula is C14H19NO. The third-order valence-electron chi connectivity index (χ3n) is 2.92. The summed E-state index contributed by atoms with van der Waals surface area (Å²) in [7, 11) is 0. The minimum Gasteiger partial charge on any atom is -0.377 e. The van der Waals surface area contributed by atoms with Gasteiger partial charge in [0, 0.05) is 12.6 Å². The molecule has 2 rings (SSSR count). The smallest absolute Gasteiger partial charge is 0.0689 e. The highest BCUT2D eigenvalue weighted by Crippen LogP contribution is 2.12. The number of rotatable bonds is 4. The topological polar surface area (TPSA) is 21.3 Å². The summed E-state index contributed by atoms with van der Waals surface area (Å²) in [4.78, 5) is 0. The number of hydrogen-bond acceptors (Lipinski definition) is 2. The summed E-state index contributed by atoms with van der Waals surface area (Å²) in [5.74, 6) is 0. The summed E-state index contributed by atoms with van der Waals surface area (Å²) in [6.45, 7) is 4.78. The van der Waals surface area contributed by atoms with E-state index < -0.39 is 0 Å². The third-order valence-corrected chi connectivity index (χ3v) is 2.92. The number of ether oxygens (including phenoxy) is 1. The summed E-state index contributed by atoms with van der Waals surface area (Å²) in [6, 6.07) is 10.9. The van der Waals surface area contributed by atoms with Crippen LogP contribution in [-0.2, 0) is 4.74 Å². The highest BCUT2D eigenvalue weighted by molar-refractivity contribution is 5.18. The zero-order valence-corrected chi connectivity index (χ0v) is 9.78. The van der Waals surface area contributed by atoms with Gasteiger partial charge in [-0.05, 0) is 24.5 Å². The normalized spacial score (nSPS) is 17.9. The van der Waals surface area contributed by atoms with Crippen molar-refractivity contribution in [2.45, 2.75) is 19.4 Å².